The van der Waals surface area contributed by atoms with Crippen LogP contribution in [0, 0.1) is 0 Å². The van der Waals surface area contributed by atoms with Gasteiger partial charge in [-0.05, 0) is 36.5 Å². The normalized spacial score (nSPS) is 20.6. The lowest BCUT2D eigenvalue weighted by atomic mass is 9.99. The molecule has 186 valence electrons. The Morgan fingerprint density at radius 2 is 1.75 bits per heavy atom. The van der Waals surface area contributed by atoms with E-state index < -0.39 is 23.7 Å². The van der Waals surface area contributed by atoms with Crippen LogP contribution in [-0.4, -0.2) is 76.4 Å². The van der Waals surface area contributed by atoms with Gasteiger partial charge in [0.05, 0.1) is 18.6 Å². The Hall–Kier alpha value is -3.78. The van der Waals surface area contributed by atoms with Crippen LogP contribution in [0.5, 0.6) is 0 Å². The average molecular weight is 487 g/mol. The molecule has 0 aliphatic carbocycles. The van der Waals surface area contributed by atoms with Crippen molar-refractivity contribution >= 4 is 34.3 Å². The van der Waals surface area contributed by atoms with Crippen molar-refractivity contribution in [3.05, 3.63) is 71.9 Å². The molecular weight excluding hydrogens is 456 g/mol. The fraction of sp³-hybridized carbons (Fsp3) is 0.357. The SMILES string of the molecule is O=C1CC[C@@H](C(=O)C(=O)CN2CCN(CCc3ccccc3)C(=O)[C@H]2Cc2c[nH]c3ccccc23)N1. The van der Waals surface area contributed by atoms with Crippen LogP contribution in [0.1, 0.15) is 24.0 Å². The number of rotatable bonds is 9. The van der Waals surface area contributed by atoms with E-state index in [0.717, 1.165) is 22.9 Å². The number of H-pyrrole nitrogens is 1. The first-order valence-electron chi connectivity index (χ1n) is 12.5. The summed E-state index contributed by atoms with van der Waals surface area (Å²) in [5.41, 5.74) is 3.16. The van der Waals surface area contributed by atoms with E-state index in [0.29, 0.717) is 32.5 Å². The second-order valence-electron chi connectivity index (χ2n) is 9.56. The Balaban J connectivity index is 1.33. The highest BCUT2D eigenvalue weighted by Gasteiger charge is 2.38. The van der Waals surface area contributed by atoms with Gasteiger partial charge in [0.2, 0.25) is 23.4 Å². The number of fused-ring (bicyclic) bond motifs is 1. The van der Waals surface area contributed by atoms with Crippen LogP contribution in [0.2, 0.25) is 0 Å². The number of carbonyl (C=O) groups is 4. The van der Waals surface area contributed by atoms with E-state index in [2.05, 4.69) is 22.4 Å². The minimum Gasteiger partial charge on any atom is -0.361 e. The highest BCUT2D eigenvalue weighted by atomic mass is 16.2. The third kappa shape index (κ3) is 5.09. The number of benzene rings is 2. The molecule has 2 aromatic carbocycles. The van der Waals surface area contributed by atoms with E-state index in [1.807, 2.05) is 58.5 Å². The molecule has 0 radical (unpaired) electrons. The molecule has 8 nitrogen and oxygen atoms in total. The van der Waals surface area contributed by atoms with E-state index in [1.54, 1.807) is 0 Å². The molecule has 5 rings (SSSR count). The number of ketones is 2. The minimum absolute atomic E-state index is 0.0307. The van der Waals surface area contributed by atoms with Crippen molar-refractivity contribution in [3.63, 3.8) is 0 Å². The molecule has 2 aliphatic heterocycles. The van der Waals surface area contributed by atoms with Crippen LogP contribution in [0.4, 0.5) is 0 Å². The van der Waals surface area contributed by atoms with Crippen molar-refractivity contribution in [2.24, 2.45) is 0 Å². The summed E-state index contributed by atoms with van der Waals surface area (Å²) in [6, 6.07) is 16.7. The first-order chi connectivity index (χ1) is 17.5. The van der Waals surface area contributed by atoms with Crippen LogP contribution < -0.4 is 5.32 Å². The zero-order chi connectivity index (χ0) is 25.1. The van der Waals surface area contributed by atoms with E-state index >= 15 is 0 Å². The van der Waals surface area contributed by atoms with Gasteiger partial charge in [0.1, 0.15) is 0 Å². The standard InChI is InChI=1S/C28H30N4O4/c33-25(27(35)23-10-11-26(34)30-23)18-32-15-14-31(13-12-19-6-2-1-3-7-19)28(36)24(32)16-20-17-29-22-9-5-4-8-21(20)22/h1-9,17,23-24,29H,10-16,18H2,(H,30,34)/t23-,24+/m0/s1. The van der Waals surface area contributed by atoms with Crippen LogP contribution in [0.15, 0.2) is 60.8 Å². The Kier molecular flexibility index (Phi) is 6.95. The molecule has 0 saturated carbocycles. The Bertz CT molecular complexity index is 1280. The molecule has 2 fully saturated rings. The van der Waals surface area contributed by atoms with E-state index in [-0.39, 0.29) is 24.8 Å². The number of amides is 2. The lowest BCUT2D eigenvalue weighted by molar-refractivity contribution is -0.145. The first kappa shape index (κ1) is 23.9. The number of hydrogen-bond donors (Lipinski definition) is 2. The van der Waals surface area contributed by atoms with E-state index in [9.17, 15) is 19.2 Å². The molecule has 3 aromatic rings. The summed E-state index contributed by atoms with van der Waals surface area (Å²) in [4.78, 5) is 57.7. The number of nitrogens with zero attached hydrogens (tertiary/aromatic N) is 2. The molecule has 0 bridgehead atoms. The van der Waals surface area contributed by atoms with Gasteiger partial charge in [0.15, 0.2) is 0 Å². The number of piperazine rings is 1. The molecular formula is C28H30N4O4. The number of carbonyl (C=O) groups excluding carboxylic acids is 4. The number of nitrogens with one attached hydrogen (secondary N) is 2. The van der Waals surface area contributed by atoms with E-state index in [1.165, 1.54) is 5.56 Å². The summed E-state index contributed by atoms with van der Waals surface area (Å²) in [6.07, 6.45) is 3.71. The second kappa shape index (κ2) is 10.5. The topological polar surface area (TPSA) is 103 Å². The van der Waals surface area contributed by atoms with Crippen molar-refractivity contribution in [2.75, 3.05) is 26.2 Å². The number of hydrogen-bond acceptors (Lipinski definition) is 5. The van der Waals surface area contributed by atoms with E-state index in [4.69, 9.17) is 0 Å². The van der Waals surface area contributed by atoms with Crippen molar-refractivity contribution in [3.8, 4) is 0 Å². The van der Waals surface area contributed by atoms with Crippen molar-refractivity contribution in [1.82, 2.24) is 20.1 Å². The molecule has 0 unspecified atom stereocenters. The van der Waals surface area contributed by atoms with Crippen molar-refractivity contribution in [1.29, 1.82) is 0 Å². The lowest BCUT2D eigenvalue weighted by Gasteiger charge is -2.40. The largest absolute Gasteiger partial charge is 0.361 e. The average Bonchev–Trinajstić information content (AvgIpc) is 3.52. The molecule has 3 heterocycles. The van der Waals surface area contributed by atoms with Crippen LogP contribution in [0.3, 0.4) is 0 Å². The number of aromatic amines is 1. The lowest BCUT2D eigenvalue weighted by Crippen LogP contribution is -2.59. The maximum absolute atomic E-state index is 13.7. The summed E-state index contributed by atoms with van der Waals surface area (Å²) >= 11 is 0. The highest BCUT2D eigenvalue weighted by Crippen LogP contribution is 2.23. The molecule has 2 N–H and O–H groups in total. The molecule has 0 spiro atoms. The van der Waals surface area contributed by atoms with Gasteiger partial charge >= 0.3 is 0 Å². The number of para-hydroxylation sites is 1. The molecule has 8 heteroatoms. The van der Waals surface area contributed by atoms with Crippen LogP contribution in [0.25, 0.3) is 10.9 Å². The van der Waals surface area contributed by atoms with Crippen LogP contribution >= 0.6 is 0 Å². The Morgan fingerprint density at radius 3 is 2.53 bits per heavy atom. The van der Waals surface area contributed by atoms with Gasteiger partial charge in [-0.3, -0.25) is 24.1 Å². The van der Waals surface area contributed by atoms with Crippen molar-refractivity contribution < 1.29 is 19.2 Å². The monoisotopic (exact) mass is 486 g/mol. The van der Waals surface area contributed by atoms with Gasteiger partial charge < -0.3 is 15.2 Å². The Morgan fingerprint density at radius 1 is 0.972 bits per heavy atom. The minimum atomic E-state index is -0.750. The predicted octanol–water partition coefficient (Wildman–Crippen LogP) is 1.88. The van der Waals surface area contributed by atoms with Gasteiger partial charge in [0.25, 0.3) is 0 Å². The molecule has 2 atom stereocenters. The van der Waals surface area contributed by atoms with Crippen LogP contribution in [-0.2, 0) is 32.0 Å². The van der Waals surface area contributed by atoms with Gasteiger partial charge in [-0.25, -0.2) is 0 Å². The smallest absolute Gasteiger partial charge is 0.240 e. The van der Waals surface area contributed by atoms with Crippen molar-refractivity contribution in [2.45, 2.75) is 37.8 Å². The zero-order valence-electron chi connectivity index (χ0n) is 20.1. The van der Waals surface area contributed by atoms with Gasteiger partial charge in [0, 0.05) is 43.2 Å². The fourth-order valence-electron chi connectivity index (χ4n) is 5.19. The maximum atomic E-state index is 13.7. The Labute approximate surface area is 209 Å². The third-order valence-corrected chi connectivity index (χ3v) is 7.23. The predicted molar refractivity (Wildman–Crippen MR) is 135 cm³/mol. The summed E-state index contributed by atoms with van der Waals surface area (Å²) in [7, 11) is 0. The summed E-state index contributed by atoms with van der Waals surface area (Å²) in [6.45, 7) is 1.47. The molecule has 1 aromatic heterocycles. The highest BCUT2D eigenvalue weighted by molar-refractivity contribution is 6.40. The van der Waals surface area contributed by atoms with Gasteiger partial charge in [-0.1, -0.05) is 48.5 Å². The van der Waals surface area contributed by atoms with Gasteiger partial charge in [-0.15, -0.1) is 0 Å². The summed E-state index contributed by atoms with van der Waals surface area (Å²) in [5.74, 6) is -1.38. The molecule has 2 amide bonds. The molecule has 2 aliphatic rings. The second-order valence-corrected chi connectivity index (χ2v) is 9.56. The summed E-state index contributed by atoms with van der Waals surface area (Å²) in [5, 5.41) is 3.62. The number of Topliss-reactive ketones (excluding diaryl/α,β-unsaturated/α-hetero) is 2. The summed E-state index contributed by atoms with van der Waals surface area (Å²) < 4.78 is 0. The first-order valence-corrected chi connectivity index (χ1v) is 12.5. The third-order valence-electron chi connectivity index (χ3n) is 7.23. The molecule has 36 heavy (non-hydrogen) atoms. The van der Waals surface area contributed by atoms with Gasteiger partial charge in [-0.2, -0.15) is 0 Å². The number of aromatic nitrogens is 1. The fourth-order valence-corrected chi connectivity index (χ4v) is 5.19. The maximum Gasteiger partial charge on any atom is 0.240 e. The zero-order valence-corrected chi connectivity index (χ0v) is 20.1. The molecule has 2 saturated heterocycles. The quantitative estimate of drug-likeness (QED) is 0.450.